The molecule has 18 heavy (non-hydrogen) atoms. The van der Waals surface area contributed by atoms with Crippen LogP contribution in [0.25, 0.3) is 0 Å². The molecule has 0 bridgehead atoms. The van der Waals surface area contributed by atoms with Gasteiger partial charge in [-0.3, -0.25) is 0 Å². The quantitative estimate of drug-likeness (QED) is 0.744. The van der Waals surface area contributed by atoms with Crippen molar-refractivity contribution in [2.45, 2.75) is 51.9 Å². The van der Waals surface area contributed by atoms with E-state index >= 15 is 0 Å². The van der Waals surface area contributed by atoms with Crippen LogP contribution < -0.4 is 0 Å². The van der Waals surface area contributed by atoms with E-state index in [0.29, 0.717) is 0 Å². The molecular weight excluding hydrogens is 240 g/mol. The second-order valence-electron chi connectivity index (χ2n) is 6.59. The van der Waals surface area contributed by atoms with Crippen molar-refractivity contribution in [1.29, 1.82) is 0 Å². The van der Waals surface area contributed by atoms with Gasteiger partial charge in [0.15, 0.2) is 0 Å². The maximum Gasteiger partial charge on any atom is 0.104 e. The van der Waals surface area contributed by atoms with Crippen molar-refractivity contribution >= 4 is 11.3 Å². The average Bonchev–Trinajstić information content (AvgIpc) is 2.83. The summed E-state index contributed by atoms with van der Waals surface area (Å²) in [5.74, 6) is 1.08. The summed E-state index contributed by atoms with van der Waals surface area (Å²) in [4.78, 5) is 1.41. The van der Waals surface area contributed by atoms with Crippen LogP contribution in [-0.4, -0.2) is 0 Å². The fraction of sp³-hybridized carbons (Fsp3) is 0.500. The van der Waals surface area contributed by atoms with Crippen molar-refractivity contribution in [3.8, 4) is 0 Å². The van der Waals surface area contributed by atoms with Crippen LogP contribution in [0.15, 0.2) is 34.3 Å². The Bertz CT molecular complexity index is 497. The Morgan fingerprint density at radius 3 is 2.39 bits per heavy atom. The van der Waals surface area contributed by atoms with E-state index < -0.39 is 0 Å². The minimum atomic E-state index is 0.140. The third-order valence-electron chi connectivity index (χ3n) is 3.32. The van der Waals surface area contributed by atoms with Crippen LogP contribution in [0, 0.1) is 0 Å². The number of furan rings is 1. The van der Waals surface area contributed by atoms with Crippen LogP contribution in [0.2, 0.25) is 0 Å². The SMILES string of the molecule is CC(C)(C)c1coc(CC(C)(C)c2cccs2)c1. The molecule has 98 valence electrons. The first-order valence-electron chi connectivity index (χ1n) is 6.41. The molecule has 0 fully saturated rings. The van der Waals surface area contributed by atoms with Gasteiger partial charge in [-0.1, -0.05) is 40.7 Å². The molecule has 2 heteroatoms. The number of hydrogen-bond acceptors (Lipinski definition) is 2. The molecule has 2 heterocycles. The van der Waals surface area contributed by atoms with Crippen LogP contribution >= 0.6 is 11.3 Å². The van der Waals surface area contributed by atoms with Gasteiger partial charge in [0, 0.05) is 16.7 Å². The highest BCUT2D eigenvalue weighted by Crippen LogP contribution is 2.33. The van der Waals surface area contributed by atoms with Crippen LogP contribution in [0.5, 0.6) is 0 Å². The second-order valence-corrected chi connectivity index (χ2v) is 7.54. The summed E-state index contributed by atoms with van der Waals surface area (Å²) in [5, 5.41) is 2.14. The van der Waals surface area contributed by atoms with Crippen molar-refractivity contribution in [1.82, 2.24) is 0 Å². The standard InChI is InChI=1S/C16H22OS/c1-15(2,3)12-9-13(17-11-12)10-16(4,5)14-7-6-8-18-14/h6-9,11H,10H2,1-5H3. The Hall–Kier alpha value is -1.02. The van der Waals surface area contributed by atoms with E-state index in [1.165, 1.54) is 10.4 Å². The molecule has 1 nitrogen and oxygen atoms in total. The largest absolute Gasteiger partial charge is 0.469 e. The van der Waals surface area contributed by atoms with Crippen molar-refractivity contribution in [2.75, 3.05) is 0 Å². The highest BCUT2D eigenvalue weighted by atomic mass is 32.1. The molecule has 0 unspecified atom stereocenters. The Morgan fingerprint density at radius 2 is 1.89 bits per heavy atom. The van der Waals surface area contributed by atoms with Gasteiger partial charge in [-0.25, -0.2) is 0 Å². The summed E-state index contributed by atoms with van der Waals surface area (Å²) in [7, 11) is 0. The zero-order valence-corrected chi connectivity index (χ0v) is 12.7. The van der Waals surface area contributed by atoms with Gasteiger partial charge in [0.1, 0.15) is 5.76 Å². The Morgan fingerprint density at radius 1 is 1.17 bits per heavy atom. The summed E-state index contributed by atoms with van der Waals surface area (Å²) in [6.45, 7) is 11.2. The average molecular weight is 262 g/mol. The molecule has 0 aromatic carbocycles. The molecule has 0 radical (unpaired) electrons. The van der Waals surface area contributed by atoms with E-state index in [0.717, 1.165) is 12.2 Å². The summed E-state index contributed by atoms with van der Waals surface area (Å²) in [6.07, 6.45) is 2.85. The van der Waals surface area contributed by atoms with Gasteiger partial charge in [0.25, 0.3) is 0 Å². The molecule has 0 spiro atoms. The topological polar surface area (TPSA) is 13.1 Å². The maximum absolute atomic E-state index is 5.73. The summed E-state index contributed by atoms with van der Waals surface area (Å²) in [6, 6.07) is 6.53. The fourth-order valence-corrected chi connectivity index (χ4v) is 2.91. The predicted molar refractivity (Wildman–Crippen MR) is 78.5 cm³/mol. The van der Waals surface area contributed by atoms with E-state index in [1.807, 2.05) is 17.6 Å². The van der Waals surface area contributed by atoms with Crippen molar-refractivity contribution in [2.24, 2.45) is 0 Å². The van der Waals surface area contributed by atoms with Crippen molar-refractivity contribution < 1.29 is 4.42 Å². The molecule has 2 rings (SSSR count). The third-order valence-corrected chi connectivity index (χ3v) is 4.56. The molecule has 0 N–H and O–H groups in total. The van der Waals surface area contributed by atoms with Crippen LogP contribution in [0.3, 0.4) is 0 Å². The highest BCUT2D eigenvalue weighted by Gasteiger charge is 2.25. The number of thiophene rings is 1. The zero-order chi connectivity index (χ0) is 13.4. The zero-order valence-electron chi connectivity index (χ0n) is 11.9. The Balaban J connectivity index is 2.17. The van der Waals surface area contributed by atoms with E-state index in [1.54, 1.807) is 0 Å². The van der Waals surface area contributed by atoms with Crippen LogP contribution in [0.4, 0.5) is 0 Å². The van der Waals surface area contributed by atoms with Crippen LogP contribution in [0.1, 0.15) is 50.8 Å². The van der Waals surface area contributed by atoms with E-state index in [4.69, 9.17) is 4.42 Å². The lowest BCUT2D eigenvalue weighted by molar-refractivity contribution is 0.433. The molecule has 2 aromatic rings. The summed E-state index contributed by atoms with van der Waals surface area (Å²) >= 11 is 1.82. The Labute approximate surface area is 114 Å². The summed E-state index contributed by atoms with van der Waals surface area (Å²) in [5.41, 5.74) is 1.58. The molecule has 0 atom stereocenters. The molecule has 0 aliphatic rings. The molecule has 0 aliphatic heterocycles. The van der Waals surface area contributed by atoms with Gasteiger partial charge in [0.05, 0.1) is 6.26 Å². The molecule has 0 amide bonds. The second kappa shape index (κ2) is 4.58. The van der Waals surface area contributed by atoms with E-state index in [9.17, 15) is 0 Å². The van der Waals surface area contributed by atoms with Gasteiger partial charge in [-0.15, -0.1) is 11.3 Å². The van der Waals surface area contributed by atoms with Gasteiger partial charge >= 0.3 is 0 Å². The van der Waals surface area contributed by atoms with Gasteiger partial charge in [-0.2, -0.15) is 0 Å². The molecule has 0 saturated carbocycles. The highest BCUT2D eigenvalue weighted by molar-refractivity contribution is 7.10. The number of hydrogen-bond donors (Lipinski definition) is 0. The Kier molecular flexibility index (Phi) is 3.41. The first-order chi connectivity index (χ1) is 8.29. The van der Waals surface area contributed by atoms with Crippen molar-refractivity contribution in [3.05, 3.63) is 46.0 Å². The lowest BCUT2D eigenvalue weighted by Gasteiger charge is -2.21. The lowest BCUT2D eigenvalue weighted by Crippen LogP contribution is -2.18. The van der Waals surface area contributed by atoms with Gasteiger partial charge in [-0.05, 0) is 28.5 Å². The maximum atomic E-state index is 5.73. The monoisotopic (exact) mass is 262 g/mol. The third kappa shape index (κ3) is 2.86. The van der Waals surface area contributed by atoms with Gasteiger partial charge < -0.3 is 4.42 Å². The van der Waals surface area contributed by atoms with Crippen LogP contribution in [-0.2, 0) is 17.3 Å². The number of rotatable bonds is 3. The molecular formula is C16H22OS. The summed E-state index contributed by atoms with van der Waals surface area (Å²) < 4.78 is 5.73. The first-order valence-corrected chi connectivity index (χ1v) is 7.29. The molecule has 2 aromatic heterocycles. The molecule has 0 aliphatic carbocycles. The van der Waals surface area contributed by atoms with E-state index in [2.05, 4.69) is 58.2 Å². The van der Waals surface area contributed by atoms with Crippen molar-refractivity contribution in [3.63, 3.8) is 0 Å². The smallest absolute Gasteiger partial charge is 0.104 e. The van der Waals surface area contributed by atoms with Gasteiger partial charge in [0.2, 0.25) is 0 Å². The minimum Gasteiger partial charge on any atom is -0.469 e. The predicted octanol–water partition coefficient (Wildman–Crippen LogP) is 5.16. The molecule has 0 saturated heterocycles. The normalized spacial score (nSPS) is 12.9. The lowest BCUT2D eigenvalue weighted by atomic mass is 9.85. The fourth-order valence-electron chi connectivity index (χ4n) is 2.05. The van der Waals surface area contributed by atoms with E-state index in [-0.39, 0.29) is 10.8 Å². The first kappa shape index (κ1) is 13.4. The minimum absolute atomic E-state index is 0.140.